The Morgan fingerprint density at radius 3 is 2.92 bits per heavy atom. The highest BCUT2D eigenvalue weighted by atomic mass is 32.2. The Hall–Kier alpha value is -2.15. The van der Waals surface area contributed by atoms with E-state index in [9.17, 15) is 8.42 Å². The second kappa shape index (κ2) is 5.42. The fraction of sp³-hybridized carbons (Fsp3) is 0.444. The Bertz CT molecular complexity index is 1060. The van der Waals surface area contributed by atoms with Crippen molar-refractivity contribution in [2.24, 2.45) is 5.92 Å². The van der Waals surface area contributed by atoms with E-state index in [1.165, 1.54) is 0 Å². The van der Waals surface area contributed by atoms with Gasteiger partial charge in [-0.3, -0.25) is 0 Å². The monoisotopic (exact) mass is 356 g/mol. The van der Waals surface area contributed by atoms with Crippen LogP contribution in [0.15, 0.2) is 30.7 Å². The van der Waals surface area contributed by atoms with E-state index in [0.717, 1.165) is 60.0 Å². The zero-order valence-electron chi connectivity index (χ0n) is 13.9. The number of H-pyrrole nitrogens is 1. The summed E-state index contributed by atoms with van der Waals surface area (Å²) in [5.41, 5.74) is 2.87. The minimum Gasteiger partial charge on any atom is -0.371 e. The van der Waals surface area contributed by atoms with E-state index in [1.54, 1.807) is 6.20 Å². The van der Waals surface area contributed by atoms with Crippen LogP contribution in [0.25, 0.3) is 21.9 Å². The molecule has 5 rings (SSSR count). The number of hydrogen-bond acceptors (Lipinski definition) is 5. The van der Waals surface area contributed by atoms with Gasteiger partial charge in [-0.1, -0.05) is 0 Å². The molecule has 1 N–H and O–H groups in total. The maximum Gasteiger partial charge on any atom is 0.159 e. The van der Waals surface area contributed by atoms with Gasteiger partial charge in [-0.25, -0.2) is 18.4 Å². The number of rotatable bonds is 4. The lowest BCUT2D eigenvalue weighted by molar-refractivity contribution is 0.571. The van der Waals surface area contributed by atoms with Crippen LogP contribution in [0, 0.1) is 5.92 Å². The van der Waals surface area contributed by atoms with Gasteiger partial charge in [0.15, 0.2) is 15.5 Å². The predicted molar refractivity (Wildman–Crippen MR) is 98.5 cm³/mol. The number of nitrogens with zero attached hydrogens (tertiary/aromatic N) is 3. The van der Waals surface area contributed by atoms with Crippen molar-refractivity contribution < 1.29 is 8.42 Å². The number of aromatic nitrogens is 3. The van der Waals surface area contributed by atoms with E-state index >= 15 is 0 Å². The Morgan fingerprint density at radius 2 is 2.08 bits per heavy atom. The standard InChI is InChI=1S/C18H20N4O2S/c23-25(24,13-1-2-13)11-12-5-8-22(10-12)16-4-7-19-15-9-21-18-14(17(15)16)3-6-20-18/h3-4,6-7,9,12-13,19H,1-2,5,8,10-11H2. The summed E-state index contributed by atoms with van der Waals surface area (Å²) in [6.45, 7) is 1.69. The molecule has 1 unspecified atom stereocenters. The Labute approximate surface area is 146 Å². The summed E-state index contributed by atoms with van der Waals surface area (Å²) in [4.78, 5) is 14.3. The number of anilines is 1. The van der Waals surface area contributed by atoms with Crippen LogP contribution in [0.2, 0.25) is 0 Å². The summed E-state index contributed by atoms with van der Waals surface area (Å²) in [6, 6.07) is 4.07. The zero-order chi connectivity index (χ0) is 17.0. The first-order chi connectivity index (χ1) is 12.1. The summed E-state index contributed by atoms with van der Waals surface area (Å²) in [7, 11) is -2.90. The Morgan fingerprint density at radius 1 is 1.20 bits per heavy atom. The van der Waals surface area contributed by atoms with Crippen LogP contribution in [0.1, 0.15) is 19.3 Å². The topological polar surface area (TPSA) is 79.0 Å². The van der Waals surface area contributed by atoms with Gasteiger partial charge in [0.05, 0.1) is 22.7 Å². The first-order valence-electron chi connectivity index (χ1n) is 8.79. The Kier molecular flexibility index (Phi) is 3.28. The van der Waals surface area contributed by atoms with E-state index in [4.69, 9.17) is 0 Å². The minimum atomic E-state index is -2.90. The summed E-state index contributed by atoms with van der Waals surface area (Å²) in [5.74, 6) is 0.555. The maximum atomic E-state index is 12.3. The van der Waals surface area contributed by atoms with Gasteiger partial charge >= 0.3 is 0 Å². The van der Waals surface area contributed by atoms with Crippen molar-refractivity contribution in [2.45, 2.75) is 24.5 Å². The highest BCUT2D eigenvalue weighted by Crippen LogP contribution is 2.36. The molecule has 25 heavy (non-hydrogen) atoms. The van der Waals surface area contributed by atoms with Gasteiger partial charge < -0.3 is 9.88 Å². The summed E-state index contributed by atoms with van der Waals surface area (Å²) in [5, 5.41) is 2.10. The molecule has 2 fully saturated rings. The molecule has 0 spiro atoms. The molecule has 1 aliphatic heterocycles. The lowest BCUT2D eigenvalue weighted by atomic mass is 10.1. The third kappa shape index (κ3) is 2.57. The number of fused-ring (bicyclic) bond motifs is 3. The van der Waals surface area contributed by atoms with Gasteiger partial charge in [0.25, 0.3) is 0 Å². The van der Waals surface area contributed by atoms with E-state index < -0.39 is 9.84 Å². The first kappa shape index (κ1) is 15.1. The number of aromatic amines is 1. The molecule has 6 nitrogen and oxygen atoms in total. The second-order valence-electron chi connectivity index (χ2n) is 7.22. The lowest BCUT2D eigenvalue weighted by Gasteiger charge is -2.21. The molecule has 1 saturated carbocycles. The molecule has 0 radical (unpaired) electrons. The fourth-order valence-electron chi connectivity index (χ4n) is 3.98. The molecule has 2 aliphatic rings. The molecule has 3 aromatic heterocycles. The maximum absolute atomic E-state index is 12.3. The third-order valence-electron chi connectivity index (χ3n) is 5.40. The van der Waals surface area contributed by atoms with Gasteiger partial charge in [-0.2, -0.15) is 0 Å². The number of hydrogen-bond donors (Lipinski definition) is 1. The molecule has 1 atom stereocenters. The molecule has 7 heteroatoms. The summed E-state index contributed by atoms with van der Waals surface area (Å²) in [6.07, 6.45) is 8.16. The van der Waals surface area contributed by atoms with Crippen molar-refractivity contribution in [3.05, 3.63) is 30.7 Å². The van der Waals surface area contributed by atoms with Crippen LogP contribution in [0.5, 0.6) is 0 Å². The molecule has 4 heterocycles. The zero-order valence-corrected chi connectivity index (χ0v) is 14.7. The second-order valence-corrected chi connectivity index (χ2v) is 9.55. The number of sulfone groups is 1. The highest BCUT2D eigenvalue weighted by molar-refractivity contribution is 7.92. The van der Waals surface area contributed by atoms with Crippen LogP contribution >= 0.6 is 0 Å². The minimum absolute atomic E-state index is 0.0604. The molecule has 0 amide bonds. The summed E-state index contributed by atoms with van der Waals surface area (Å²) < 4.78 is 24.6. The van der Waals surface area contributed by atoms with Gasteiger partial charge in [0.2, 0.25) is 0 Å². The molecular formula is C18H20N4O2S. The number of pyridine rings is 2. The van der Waals surface area contributed by atoms with Gasteiger partial charge in [0.1, 0.15) is 0 Å². The van der Waals surface area contributed by atoms with Gasteiger partial charge in [-0.15, -0.1) is 0 Å². The Balaban J connectivity index is 1.48. The van der Waals surface area contributed by atoms with Gasteiger partial charge in [-0.05, 0) is 37.3 Å². The molecule has 0 bridgehead atoms. The number of nitrogens with one attached hydrogen (secondary N) is 1. The van der Waals surface area contributed by atoms with Crippen LogP contribution in [-0.2, 0) is 9.84 Å². The van der Waals surface area contributed by atoms with Crippen molar-refractivity contribution >= 4 is 37.5 Å². The first-order valence-corrected chi connectivity index (χ1v) is 10.5. The van der Waals surface area contributed by atoms with Crippen LogP contribution in [0.3, 0.4) is 0 Å². The predicted octanol–water partition coefficient (Wildman–Crippen LogP) is 2.51. The molecular weight excluding hydrogens is 336 g/mol. The molecule has 1 aliphatic carbocycles. The molecule has 0 aromatic carbocycles. The SMILES string of the molecule is O=S(=O)(CC1CCN(c2cc[nH]c3cnc4nccc4c23)C1)C1CC1. The van der Waals surface area contributed by atoms with Crippen molar-refractivity contribution in [1.29, 1.82) is 0 Å². The molecule has 1 saturated heterocycles. The smallest absolute Gasteiger partial charge is 0.159 e. The summed E-state index contributed by atoms with van der Waals surface area (Å²) >= 11 is 0. The third-order valence-corrected chi connectivity index (χ3v) is 7.82. The van der Waals surface area contributed by atoms with Gasteiger partial charge in [0, 0.05) is 41.9 Å². The normalized spacial score (nSPS) is 21.4. The highest BCUT2D eigenvalue weighted by Gasteiger charge is 2.38. The van der Waals surface area contributed by atoms with Crippen molar-refractivity contribution in [3.63, 3.8) is 0 Å². The average Bonchev–Trinajstić information content (AvgIpc) is 3.20. The van der Waals surface area contributed by atoms with Crippen LogP contribution in [0.4, 0.5) is 5.69 Å². The van der Waals surface area contributed by atoms with E-state index in [2.05, 4.69) is 25.9 Å². The quantitative estimate of drug-likeness (QED) is 0.777. The van der Waals surface area contributed by atoms with E-state index in [1.807, 2.05) is 18.5 Å². The van der Waals surface area contributed by atoms with Crippen molar-refractivity contribution in [1.82, 2.24) is 15.0 Å². The largest absolute Gasteiger partial charge is 0.371 e. The van der Waals surface area contributed by atoms with E-state index in [0.29, 0.717) is 5.75 Å². The van der Waals surface area contributed by atoms with Crippen molar-refractivity contribution in [3.8, 4) is 0 Å². The average molecular weight is 356 g/mol. The lowest BCUT2D eigenvalue weighted by Crippen LogP contribution is -2.24. The van der Waals surface area contributed by atoms with E-state index in [-0.39, 0.29) is 11.2 Å². The molecule has 3 aromatic rings. The molecule has 130 valence electrons. The van der Waals surface area contributed by atoms with Crippen LogP contribution < -0.4 is 4.90 Å². The van der Waals surface area contributed by atoms with Crippen molar-refractivity contribution in [2.75, 3.05) is 23.7 Å². The van der Waals surface area contributed by atoms with Crippen LogP contribution in [-0.4, -0.2) is 47.5 Å². The fourth-order valence-corrected chi connectivity index (χ4v) is 6.04.